The van der Waals surface area contributed by atoms with Gasteiger partial charge < -0.3 is 18.9 Å². The Morgan fingerprint density at radius 3 is 2.74 bits per heavy atom. The molecule has 0 aliphatic carbocycles. The topological polar surface area (TPSA) is 99.6 Å². The van der Waals surface area contributed by atoms with E-state index in [9.17, 15) is 13.2 Å². The average Bonchev–Trinajstić information content (AvgIpc) is 2.82. The Bertz CT molecular complexity index is 1230. The maximum absolute atomic E-state index is 15.5. The fourth-order valence-electron chi connectivity index (χ4n) is 3.96. The van der Waals surface area contributed by atoms with Crippen molar-refractivity contribution in [1.29, 1.82) is 0 Å². The van der Waals surface area contributed by atoms with Crippen LogP contribution >= 0.6 is 11.6 Å². The van der Waals surface area contributed by atoms with Crippen molar-refractivity contribution in [2.75, 3.05) is 44.9 Å². The molecule has 1 saturated heterocycles. The summed E-state index contributed by atoms with van der Waals surface area (Å²) >= 11 is 3.79. The number of aromatic nitrogens is 2. The molecule has 1 atom stereocenters. The lowest BCUT2D eigenvalue weighted by molar-refractivity contribution is 0.122. The first-order valence-corrected chi connectivity index (χ1v) is 12.0. The Hall–Kier alpha value is -2.44. The van der Waals surface area contributed by atoms with Gasteiger partial charge in [0.25, 0.3) is 0 Å². The summed E-state index contributed by atoms with van der Waals surface area (Å²) in [5, 5.41) is 0.582. The molecule has 4 rings (SSSR count). The third-order valence-corrected chi connectivity index (χ3v) is 6.16. The molecule has 0 amide bonds. The van der Waals surface area contributed by atoms with Crippen LogP contribution in [0.5, 0.6) is 5.75 Å². The van der Waals surface area contributed by atoms with E-state index in [2.05, 4.69) is 14.7 Å². The Labute approximate surface area is 202 Å². The molecule has 1 unspecified atom stereocenters. The Kier molecular flexibility index (Phi) is 7.89. The van der Waals surface area contributed by atoms with Crippen LogP contribution in [0.3, 0.4) is 0 Å². The molecule has 8 nitrogen and oxygen atoms in total. The second-order valence-corrected chi connectivity index (χ2v) is 8.71. The third kappa shape index (κ3) is 5.28. The number of anilines is 1. The van der Waals surface area contributed by atoms with Gasteiger partial charge in [0.1, 0.15) is 28.7 Å². The van der Waals surface area contributed by atoms with Gasteiger partial charge in [0.2, 0.25) is 5.28 Å². The second kappa shape index (κ2) is 10.9. The van der Waals surface area contributed by atoms with E-state index >= 15 is 4.39 Å². The molecule has 2 aromatic carbocycles. The van der Waals surface area contributed by atoms with Crippen LogP contribution in [0.2, 0.25) is 5.28 Å². The Morgan fingerprint density at radius 1 is 1.26 bits per heavy atom. The average molecular weight is 512 g/mol. The van der Waals surface area contributed by atoms with Gasteiger partial charge in [-0.05, 0) is 53.8 Å². The van der Waals surface area contributed by atoms with E-state index in [1.54, 1.807) is 6.07 Å². The van der Waals surface area contributed by atoms with Gasteiger partial charge in [-0.1, -0.05) is 6.07 Å². The molecule has 0 saturated carbocycles. The standard InChI is InChI=1S/C22H23ClF2N4O4S/c1-32-17-12-14(18-16(24)5-4-13(19(18)25)3-2-6-26-34(30)31)11-15-20(17)27-22(23)28-21(15)29-7-9-33-10-8-29/h4-5,11-12,26H,2-3,6-10H2,1H3,(H,30,31)/p-1. The van der Waals surface area contributed by atoms with Crippen molar-refractivity contribution >= 4 is 39.6 Å². The number of halogens is 3. The highest BCUT2D eigenvalue weighted by Gasteiger charge is 2.22. The monoisotopic (exact) mass is 511 g/mol. The highest BCUT2D eigenvalue weighted by Crippen LogP contribution is 2.38. The largest absolute Gasteiger partial charge is 0.760 e. The van der Waals surface area contributed by atoms with E-state index in [1.807, 2.05) is 4.90 Å². The van der Waals surface area contributed by atoms with Crippen LogP contribution < -0.4 is 14.4 Å². The van der Waals surface area contributed by atoms with Crippen LogP contribution in [0.4, 0.5) is 14.6 Å². The molecule has 1 N–H and O–H groups in total. The lowest BCUT2D eigenvalue weighted by atomic mass is 9.97. The number of hydrogen-bond acceptors (Lipinski definition) is 7. The molecule has 1 aliphatic heterocycles. The number of morpholine rings is 1. The molecule has 0 bridgehead atoms. The Morgan fingerprint density at radius 2 is 2.03 bits per heavy atom. The summed E-state index contributed by atoms with van der Waals surface area (Å²) in [6.45, 7) is 2.33. The molecule has 34 heavy (non-hydrogen) atoms. The third-order valence-electron chi connectivity index (χ3n) is 5.55. The number of hydrogen-bond donors (Lipinski definition) is 1. The molecule has 0 radical (unpaired) electrons. The van der Waals surface area contributed by atoms with Crippen molar-refractivity contribution < 1.29 is 27.0 Å². The van der Waals surface area contributed by atoms with Crippen LogP contribution in [0, 0.1) is 11.6 Å². The SMILES string of the molecule is COc1cc(-c2c(F)ccc(CCCNS(=O)[O-])c2F)cc2c(N3CCOCC3)nc(Cl)nc12. The highest BCUT2D eigenvalue weighted by molar-refractivity contribution is 7.77. The number of nitrogens with one attached hydrogen (secondary N) is 1. The van der Waals surface area contributed by atoms with Gasteiger partial charge in [0.05, 0.1) is 25.9 Å². The zero-order valence-corrected chi connectivity index (χ0v) is 19.8. The lowest BCUT2D eigenvalue weighted by Crippen LogP contribution is -2.37. The van der Waals surface area contributed by atoms with Gasteiger partial charge in [-0.25, -0.2) is 18.5 Å². The first-order chi connectivity index (χ1) is 16.4. The van der Waals surface area contributed by atoms with Crippen LogP contribution in [0.15, 0.2) is 24.3 Å². The van der Waals surface area contributed by atoms with Crippen molar-refractivity contribution in [2.24, 2.45) is 0 Å². The number of aryl methyl sites for hydroxylation is 1. The van der Waals surface area contributed by atoms with Gasteiger partial charge in [-0.15, -0.1) is 0 Å². The fourth-order valence-corrected chi connectivity index (χ4v) is 4.44. The number of fused-ring (bicyclic) bond motifs is 1. The summed E-state index contributed by atoms with van der Waals surface area (Å²) in [5.74, 6) is -0.610. The molecular formula is C22H22ClF2N4O4S-. The summed E-state index contributed by atoms with van der Waals surface area (Å²) in [6.07, 6.45) is 0.580. The minimum absolute atomic E-state index is 0.0343. The molecule has 1 aliphatic rings. The zero-order valence-electron chi connectivity index (χ0n) is 18.3. The molecule has 1 aromatic heterocycles. The Balaban J connectivity index is 1.80. The quantitative estimate of drug-likeness (QED) is 0.281. The minimum atomic E-state index is -2.39. The molecule has 0 spiro atoms. The van der Waals surface area contributed by atoms with E-state index in [-0.39, 0.29) is 34.9 Å². The lowest BCUT2D eigenvalue weighted by Gasteiger charge is -2.29. The summed E-state index contributed by atoms with van der Waals surface area (Å²) in [7, 11) is 1.44. The molecule has 2 heterocycles. The van der Waals surface area contributed by atoms with Gasteiger partial charge >= 0.3 is 0 Å². The maximum Gasteiger partial charge on any atom is 0.225 e. The van der Waals surface area contributed by atoms with Gasteiger partial charge in [-0.2, -0.15) is 4.98 Å². The van der Waals surface area contributed by atoms with Gasteiger partial charge in [0.15, 0.2) is 0 Å². The second-order valence-electron chi connectivity index (χ2n) is 7.62. The first kappa shape index (κ1) is 24.7. The number of methoxy groups -OCH3 is 1. The van der Waals surface area contributed by atoms with Crippen LogP contribution in [0.25, 0.3) is 22.0 Å². The predicted molar refractivity (Wildman–Crippen MR) is 125 cm³/mol. The van der Waals surface area contributed by atoms with E-state index in [1.165, 1.54) is 25.3 Å². The molecule has 3 aromatic rings. The van der Waals surface area contributed by atoms with Gasteiger partial charge in [-0.3, -0.25) is 4.21 Å². The van der Waals surface area contributed by atoms with Crippen LogP contribution in [-0.2, 0) is 22.4 Å². The summed E-state index contributed by atoms with van der Waals surface area (Å²) < 4.78 is 64.8. The van der Waals surface area contributed by atoms with Crippen molar-refractivity contribution in [3.63, 3.8) is 0 Å². The molecule has 12 heteroatoms. The normalized spacial score (nSPS) is 15.0. The number of benzene rings is 2. The van der Waals surface area contributed by atoms with Crippen molar-refractivity contribution in [2.45, 2.75) is 12.8 Å². The molecule has 1 fully saturated rings. The zero-order chi connectivity index (χ0) is 24.2. The molecule has 182 valence electrons. The first-order valence-electron chi connectivity index (χ1n) is 10.6. The highest BCUT2D eigenvalue weighted by atomic mass is 35.5. The van der Waals surface area contributed by atoms with Crippen LogP contribution in [-0.4, -0.2) is 58.7 Å². The van der Waals surface area contributed by atoms with E-state index in [0.29, 0.717) is 55.2 Å². The van der Waals surface area contributed by atoms with E-state index in [4.69, 9.17) is 21.1 Å². The number of ether oxygens (including phenoxy) is 2. The maximum atomic E-state index is 15.5. The summed E-state index contributed by atoms with van der Waals surface area (Å²) in [5.41, 5.74) is 0.762. The fraction of sp³-hybridized carbons (Fsp3) is 0.364. The van der Waals surface area contributed by atoms with Crippen molar-refractivity contribution in [3.05, 3.63) is 46.7 Å². The van der Waals surface area contributed by atoms with Crippen LogP contribution in [0.1, 0.15) is 12.0 Å². The molecular weight excluding hydrogens is 490 g/mol. The summed E-state index contributed by atoms with van der Waals surface area (Å²) in [4.78, 5) is 10.7. The minimum Gasteiger partial charge on any atom is -0.760 e. The van der Waals surface area contributed by atoms with Crippen molar-refractivity contribution in [1.82, 2.24) is 14.7 Å². The van der Waals surface area contributed by atoms with Crippen molar-refractivity contribution in [3.8, 4) is 16.9 Å². The number of rotatable bonds is 8. The smallest absolute Gasteiger partial charge is 0.225 e. The number of nitrogens with zero attached hydrogens (tertiary/aromatic N) is 3. The summed E-state index contributed by atoms with van der Waals surface area (Å²) in [6, 6.07) is 5.71. The van der Waals surface area contributed by atoms with E-state index in [0.717, 1.165) is 0 Å². The van der Waals surface area contributed by atoms with Gasteiger partial charge in [0, 0.05) is 36.3 Å². The van der Waals surface area contributed by atoms with E-state index < -0.39 is 22.9 Å². The predicted octanol–water partition coefficient (Wildman–Crippen LogP) is 3.39.